The van der Waals surface area contributed by atoms with E-state index in [1.54, 1.807) is 25.3 Å². The number of benzene rings is 1. The fourth-order valence-electron chi connectivity index (χ4n) is 2.15. The van der Waals surface area contributed by atoms with Crippen molar-refractivity contribution in [1.82, 2.24) is 10.6 Å². The Morgan fingerprint density at radius 1 is 1.50 bits per heavy atom. The van der Waals surface area contributed by atoms with E-state index in [2.05, 4.69) is 10.6 Å². The molecule has 22 heavy (non-hydrogen) atoms. The molecule has 5 nitrogen and oxygen atoms in total. The van der Waals surface area contributed by atoms with Crippen molar-refractivity contribution in [2.24, 2.45) is 0 Å². The Hall–Kier alpha value is -1.60. The van der Waals surface area contributed by atoms with E-state index in [-0.39, 0.29) is 22.9 Å². The largest absolute Gasteiger partial charge is 0.383 e. The number of hydrogen-bond donors (Lipinski definition) is 2. The summed E-state index contributed by atoms with van der Waals surface area (Å²) in [5.41, 5.74) is 0.512. The van der Waals surface area contributed by atoms with E-state index in [1.807, 2.05) is 0 Å². The highest BCUT2D eigenvalue weighted by molar-refractivity contribution is 8.00. The van der Waals surface area contributed by atoms with Crippen molar-refractivity contribution < 1.29 is 18.7 Å². The highest BCUT2D eigenvalue weighted by Gasteiger charge is 2.32. The van der Waals surface area contributed by atoms with E-state index >= 15 is 0 Å². The zero-order valence-electron chi connectivity index (χ0n) is 12.3. The second kappa shape index (κ2) is 8.14. The normalized spacial score (nSPS) is 21.3. The van der Waals surface area contributed by atoms with E-state index in [9.17, 15) is 14.0 Å². The number of halogens is 1. The summed E-state index contributed by atoms with van der Waals surface area (Å²) in [5, 5.41) is 5.02. The number of nitrogens with one attached hydrogen (secondary N) is 2. The van der Waals surface area contributed by atoms with Crippen LogP contribution in [-0.2, 0) is 20.7 Å². The summed E-state index contributed by atoms with van der Waals surface area (Å²) in [5.74, 6) is -0.284. The minimum atomic E-state index is -0.550. The number of rotatable bonds is 6. The number of ether oxygens (including phenoxy) is 1. The molecule has 1 aromatic rings. The van der Waals surface area contributed by atoms with Crippen molar-refractivity contribution in [2.45, 2.75) is 17.7 Å². The smallest absolute Gasteiger partial charge is 0.243 e. The number of hydrogen-bond acceptors (Lipinski definition) is 4. The first-order valence-electron chi connectivity index (χ1n) is 7.04. The Labute approximate surface area is 133 Å². The average Bonchev–Trinajstić information content (AvgIpc) is 2.51. The summed E-state index contributed by atoms with van der Waals surface area (Å²) in [6.45, 7) is 0.834. The van der Waals surface area contributed by atoms with Crippen molar-refractivity contribution in [3.63, 3.8) is 0 Å². The molecule has 0 bridgehead atoms. The van der Waals surface area contributed by atoms with Gasteiger partial charge in [-0.2, -0.15) is 0 Å². The molecule has 2 rings (SSSR count). The first kappa shape index (κ1) is 16.8. The summed E-state index contributed by atoms with van der Waals surface area (Å²) in [4.78, 5) is 24.0. The molecule has 0 unspecified atom stereocenters. The third-order valence-electron chi connectivity index (χ3n) is 3.36. The standard InChI is InChI=1S/C15H19FN2O3S/c1-21-7-6-17-14(19)12-9-22-13(15(20)18-12)8-10-4-2-3-5-11(10)16/h2-5,12-13H,6-9H2,1H3,(H,17,19)(H,18,20)/t12-,13-/m1/s1. The lowest BCUT2D eigenvalue weighted by Gasteiger charge is -2.28. The van der Waals surface area contributed by atoms with Crippen LogP contribution in [0, 0.1) is 5.82 Å². The molecule has 0 spiro atoms. The number of thioether (sulfide) groups is 1. The van der Waals surface area contributed by atoms with Crippen LogP contribution in [-0.4, -0.2) is 49.1 Å². The number of carbonyl (C=O) groups is 2. The Kier molecular flexibility index (Phi) is 6.21. The van der Waals surface area contributed by atoms with Gasteiger partial charge in [-0.1, -0.05) is 18.2 Å². The molecular weight excluding hydrogens is 307 g/mol. The molecule has 2 amide bonds. The minimum absolute atomic E-state index is 0.220. The minimum Gasteiger partial charge on any atom is -0.383 e. The van der Waals surface area contributed by atoms with Gasteiger partial charge in [-0.25, -0.2) is 4.39 Å². The lowest BCUT2D eigenvalue weighted by Crippen LogP contribution is -2.54. The van der Waals surface area contributed by atoms with Gasteiger partial charge in [0.05, 0.1) is 11.9 Å². The zero-order chi connectivity index (χ0) is 15.9. The van der Waals surface area contributed by atoms with Crippen LogP contribution >= 0.6 is 11.8 Å². The predicted molar refractivity (Wildman–Crippen MR) is 83.2 cm³/mol. The van der Waals surface area contributed by atoms with Gasteiger partial charge in [0.25, 0.3) is 0 Å². The highest BCUT2D eigenvalue weighted by Crippen LogP contribution is 2.23. The molecule has 0 aliphatic carbocycles. The maximum atomic E-state index is 13.6. The summed E-state index contributed by atoms with van der Waals surface area (Å²) in [6, 6.07) is 5.87. The van der Waals surface area contributed by atoms with Crippen molar-refractivity contribution in [2.75, 3.05) is 26.0 Å². The third-order valence-corrected chi connectivity index (χ3v) is 4.67. The van der Waals surface area contributed by atoms with Crippen LogP contribution in [0.5, 0.6) is 0 Å². The van der Waals surface area contributed by atoms with Crippen molar-refractivity contribution in [3.05, 3.63) is 35.6 Å². The molecule has 2 N–H and O–H groups in total. The first-order valence-corrected chi connectivity index (χ1v) is 8.08. The first-order chi connectivity index (χ1) is 10.6. The lowest BCUT2D eigenvalue weighted by atomic mass is 10.1. The SMILES string of the molecule is COCCNC(=O)[C@H]1CS[C@H](Cc2ccccc2F)C(=O)N1. The third kappa shape index (κ3) is 4.45. The summed E-state index contributed by atoms with van der Waals surface area (Å²) in [6.07, 6.45) is 0.321. The number of methoxy groups -OCH3 is 1. The molecule has 1 aromatic carbocycles. The molecule has 1 heterocycles. The van der Waals surface area contributed by atoms with Gasteiger partial charge in [0, 0.05) is 19.4 Å². The monoisotopic (exact) mass is 326 g/mol. The van der Waals surface area contributed by atoms with Crippen LogP contribution in [0.4, 0.5) is 4.39 Å². The fraction of sp³-hybridized carbons (Fsp3) is 0.467. The highest BCUT2D eigenvalue weighted by atomic mass is 32.2. The Bertz CT molecular complexity index is 541. The van der Waals surface area contributed by atoms with Gasteiger partial charge < -0.3 is 15.4 Å². The molecule has 1 aliphatic rings. The Balaban J connectivity index is 1.86. The molecule has 0 saturated carbocycles. The van der Waals surface area contributed by atoms with Crippen LogP contribution in [0.2, 0.25) is 0 Å². The van der Waals surface area contributed by atoms with Crippen LogP contribution in [0.1, 0.15) is 5.56 Å². The molecule has 0 radical (unpaired) electrons. The predicted octanol–water partition coefficient (Wildman–Crippen LogP) is 0.731. The quantitative estimate of drug-likeness (QED) is 0.757. The molecule has 7 heteroatoms. The van der Waals surface area contributed by atoms with E-state index in [0.717, 1.165) is 0 Å². The van der Waals surface area contributed by atoms with E-state index in [4.69, 9.17) is 4.74 Å². The maximum absolute atomic E-state index is 13.6. The van der Waals surface area contributed by atoms with Crippen LogP contribution in [0.3, 0.4) is 0 Å². The molecular formula is C15H19FN2O3S. The number of carbonyl (C=O) groups excluding carboxylic acids is 2. The topological polar surface area (TPSA) is 67.4 Å². The second-order valence-corrected chi connectivity index (χ2v) is 6.20. The van der Waals surface area contributed by atoms with E-state index < -0.39 is 6.04 Å². The van der Waals surface area contributed by atoms with Crippen LogP contribution in [0.15, 0.2) is 24.3 Å². The van der Waals surface area contributed by atoms with Gasteiger partial charge in [0.1, 0.15) is 11.9 Å². The summed E-state index contributed by atoms with van der Waals surface area (Å²) < 4.78 is 18.5. The molecule has 2 atom stereocenters. The molecule has 120 valence electrons. The van der Waals surface area contributed by atoms with Gasteiger partial charge >= 0.3 is 0 Å². The summed E-state index contributed by atoms with van der Waals surface area (Å²) >= 11 is 1.38. The van der Waals surface area contributed by atoms with Crippen LogP contribution in [0.25, 0.3) is 0 Å². The van der Waals surface area contributed by atoms with Crippen molar-refractivity contribution in [1.29, 1.82) is 0 Å². The van der Waals surface area contributed by atoms with Crippen molar-refractivity contribution >= 4 is 23.6 Å². The average molecular weight is 326 g/mol. The van der Waals surface area contributed by atoms with Gasteiger partial charge in [-0.3, -0.25) is 9.59 Å². The lowest BCUT2D eigenvalue weighted by molar-refractivity contribution is -0.128. The molecule has 1 fully saturated rings. The van der Waals surface area contributed by atoms with Gasteiger partial charge in [0.15, 0.2) is 0 Å². The number of amides is 2. The Morgan fingerprint density at radius 2 is 2.27 bits per heavy atom. The zero-order valence-corrected chi connectivity index (χ0v) is 13.1. The second-order valence-electron chi connectivity index (χ2n) is 4.96. The maximum Gasteiger partial charge on any atom is 0.243 e. The summed E-state index contributed by atoms with van der Waals surface area (Å²) in [7, 11) is 1.55. The van der Waals surface area contributed by atoms with Gasteiger partial charge in [0.2, 0.25) is 11.8 Å². The van der Waals surface area contributed by atoms with Crippen molar-refractivity contribution in [3.8, 4) is 0 Å². The van der Waals surface area contributed by atoms with Crippen LogP contribution < -0.4 is 10.6 Å². The fourth-order valence-corrected chi connectivity index (χ4v) is 3.33. The Morgan fingerprint density at radius 3 is 2.95 bits per heavy atom. The molecule has 0 aromatic heterocycles. The van der Waals surface area contributed by atoms with E-state index in [0.29, 0.717) is 30.9 Å². The molecule has 1 aliphatic heterocycles. The van der Waals surface area contributed by atoms with Gasteiger partial charge in [-0.15, -0.1) is 11.8 Å². The van der Waals surface area contributed by atoms with E-state index in [1.165, 1.54) is 17.8 Å². The molecule has 1 saturated heterocycles. The van der Waals surface area contributed by atoms with Gasteiger partial charge in [-0.05, 0) is 18.1 Å².